The summed E-state index contributed by atoms with van der Waals surface area (Å²) in [4.78, 5) is 10.2. The molecule has 2 nitrogen and oxygen atoms in total. The Balaban J connectivity index is 3.00. The number of carbonyl (C=O) groups is 1. The van der Waals surface area contributed by atoms with E-state index < -0.39 is 0 Å². The molecule has 0 amide bonds. The molecule has 0 aromatic rings. The summed E-state index contributed by atoms with van der Waals surface area (Å²) in [7, 11) is 0. The van der Waals surface area contributed by atoms with E-state index in [0.717, 1.165) is 0 Å². The van der Waals surface area contributed by atoms with Crippen LogP contribution in [0.4, 0.5) is 0 Å². The van der Waals surface area contributed by atoms with Crippen molar-refractivity contribution in [3.8, 4) is 0 Å². The van der Waals surface area contributed by atoms with E-state index in [0.29, 0.717) is 0 Å². The van der Waals surface area contributed by atoms with Crippen LogP contribution < -0.4 is 0 Å². The number of carbonyl (C=O) groups excluding carboxylic acids is 1. The molecule has 0 spiro atoms. The van der Waals surface area contributed by atoms with Crippen molar-refractivity contribution < 1.29 is 9.90 Å². The normalized spacial score (nSPS) is 8.86. The number of aliphatic hydroxyl groups is 1. The Hall–Kier alpha value is -0.0200. The van der Waals surface area contributed by atoms with Crippen LogP contribution in [0, 0.1) is 0 Å². The zero-order chi connectivity index (χ0) is 5.70. The van der Waals surface area contributed by atoms with Crippen molar-refractivity contribution in [1.29, 1.82) is 0 Å². The zero-order valence-corrected chi connectivity index (χ0v) is 4.82. The van der Waals surface area contributed by atoms with E-state index in [1.807, 2.05) is 0 Å². The van der Waals surface area contributed by atoms with Gasteiger partial charge in [0.05, 0.1) is 0 Å². The minimum atomic E-state index is -0.0562. The lowest BCUT2D eigenvalue weighted by Crippen LogP contribution is -2.00. The fourth-order valence-corrected chi connectivity index (χ4v) is 0.362. The molecule has 3 heteroatoms. The first kappa shape index (κ1) is 6.98. The first-order chi connectivity index (χ1) is 3.31. The van der Waals surface area contributed by atoms with Crippen LogP contribution in [0.3, 0.4) is 0 Å². The number of Topliss-reactive ketones (excluding diaryl/α,β-unsaturated/α-hetero) is 1. The van der Waals surface area contributed by atoms with Gasteiger partial charge in [-0.05, 0) is 0 Å². The third kappa shape index (κ3) is 3.82. The van der Waals surface area contributed by atoms with Gasteiger partial charge in [-0.2, -0.15) is 12.6 Å². The van der Waals surface area contributed by atoms with E-state index >= 15 is 0 Å². The number of rotatable bonds is 3. The summed E-state index contributed by atoms with van der Waals surface area (Å²) in [6.07, 6.45) is 0.240. The van der Waals surface area contributed by atoms with Gasteiger partial charge in [-0.3, -0.25) is 4.79 Å². The molecular formula is C4H8O2S. The Morgan fingerprint density at radius 1 is 1.71 bits per heavy atom. The predicted molar refractivity (Wildman–Crippen MR) is 30.6 cm³/mol. The van der Waals surface area contributed by atoms with Crippen molar-refractivity contribution >= 4 is 18.4 Å². The molecule has 0 saturated heterocycles. The summed E-state index contributed by atoms with van der Waals surface area (Å²) in [5.74, 6) is 0.228. The second-order valence-corrected chi connectivity index (χ2v) is 1.49. The second-order valence-electron chi connectivity index (χ2n) is 1.17. The van der Waals surface area contributed by atoms with E-state index in [1.54, 1.807) is 0 Å². The SMILES string of the molecule is O=C(CS)CCO. The Labute approximate surface area is 47.9 Å². The van der Waals surface area contributed by atoms with Crippen molar-refractivity contribution in [2.24, 2.45) is 0 Å². The van der Waals surface area contributed by atoms with Crippen molar-refractivity contribution in [2.75, 3.05) is 12.4 Å². The zero-order valence-electron chi connectivity index (χ0n) is 3.92. The maximum atomic E-state index is 10.2. The Morgan fingerprint density at radius 3 is 2.43 bits per heavy atom. The molecule has 0 atom stereocenters. The van der Waals surface area contributed by atoms with Crippen molar-refractivity contribution in [3.63, 3.8) is 0 Å². The largest absolute Gasteiger partial charge is 0.396 e. The van der Waals surface area contributed by atoms with Gasteiger partial charge in [0.15, 0.2) is 0 Å². The number of aliphatic hydroxyl groups excluding tert-OH is 1. The molecule has 0 bridgehead atoms. The van der Waals surface area contributed by atoms with Gasteiger partial charge in [-0.15, -0.1) is 0 Å². The molecule has 0 radical (unpaired) electrons. The monoisotopic (exact) mass is 120 g/mol. The summed E-state index contributed by atoms with van der Waals surface area (Å²) >= 11 is 3.69. The highest BCUT2D eigenvalue weighted by molar-refractivity contribution is 7.81. The van der Waals surface area contributed by atoms with Crippen molar-refractivity contribution in [2.45, 2.75) is 6.42 Å². The fraction of sp³-hybridized carbons (Fsp3) is 0.750. The highest BCUT2D eigenvalue weighted by atomic mass is 32.1. The predicted octanol–water partition coefficient (Wildman–Crippen LogP) is -0.132. The van der Waals surface area contributed by atoms with Crippen LogP contribution in [0.1, 0.15) is 6.42 Å². The molecule has 0 rings (SSSR count). The van der Waals surface area contributed by atoms with Crippen LogP contribution in [0.25, 0.3) is 0 Å². The van der Waals surface area contributed by atoms with Crippen LogP contribution in [0.5, 0.6) is 0 Å². The lowest BCUT2D eigenvalue weighted by Gasteiger charge is -1.86. The van der Waals surface area contributed by atoms with E-state index in [4.69, 9.17) is 5.11 Å². The quantitative estimate of drug-likeness (QED) is 0.509. The van der Waals surface area contributed by atoms with Crippen LogP contribution in [-0.4, -0.2) is 23.2 Å². The molecule has 0 aromatic carbocycles. The van der Waals surface area contributed by atoms with Crippen molar-refractivity contribution in [3.05, 3.63) is 0 Å². The van der Waals surface area contributed by atoms with Gasteiger partial charge in [0.2, 0.25) is 0 Å². The van der Waals surface area contributed by atoms with E-state index in [9.17, 15) is 4.79 Å². The Morgan fingerprint density at radius 2 is 2.29 bits per heavy atom. The van der Waals surface area contributed by atoms with E-state index in [-0.39, 0.29) is 24.6 Å². The van der Waals surface area contributed by atoms with Crippen LogP contribution >= 0.6 is 12.6 Å². The number of hydrogen-bond donors (Lipinski definition) is 2. The van der Waals surface area contributed by atoms with Gasteiger partial charge in [-0.25, -0.2) is 0 Å². The molecule has 0 aromatic heterocycles. The summed E-state index contributed by atoms with van der Waals surface area (Å²) in [6.45, 7) is -0.0562. The van der Waals surface area contributed by atoms with E-state index in [2.05, 4.69) is 12.6 Å². The molecule has 0 saturated carbocycles. The van der Waals surface area contributed by atoms with Gasteiger partial charge >= 0.3 is 0 Å². The van der Waals surface area contributed by atoms with E-state index in [1.165, 1.54) is 0 Å². The summed E-state index contributed by atoms with van der Waals surface area (Å²) < 4.78 is 0. The summed E-state index contributed by atoms with van der Waals surface area (Å²) in [6, 6.07) is 0. The molecule has 0 fully saturated rings. The van der Waals surface area contributed by atoms with Gasteiger partial charge < -0.3 is 5.11 Å². The van der Waals surface area contributed by atoms with Crippen LogP contribution in [0.2, 0.25) is 0 Å². The lowest BCUT2D eigenvalue weighted by atomic mass is 10.3. The third-order valence-electron chi connectivity index (χ3n) is 0.567. The minimum Gasteiger partial charge on any atom is -0.396 e. The van der Waals surface area contributed by atoms with Gasteiger partial charge in [0.25, 0.3) is 0 Å². The first-order valence-corrected chi connectivity index (χ1v) is 2.68. The molecule has 7 heavy (non-hydrogen) atoms. The molecule has 0 aliphatic heterocycles. The second kappa shape index (κ2) is 4.15. The molecule has 0 unspecified atom stereocenters. The molecule has 0 aliphatic carbocycles. The highest BCUT2D eigenvalue weighted by Gasteiger charge is 1.92. The van der Waals surface area contributed by atoms with Crippen LogP contribution in [-0.2, 0) is 4.79 Å². The average molecular weight is 120 g/mol. The molecular weight excluding hydrogens is 112 g/mol. The molecule has 42 valence electrons. The lowest BCUT2D eigenvalue weighted by molar-refractivity contribution is -0.117. The van der Waals surface area contributed by atoms with Gasteiger partial charge in [-0.1, -0.05) is 0 Å². The molecule has 0 heterocycles. The number of hydrogen-bond acceptors (Lipinski definition) is 3. The summed E-state index contributed by atoms with van der Waals surface area (Å²) in [5, 5.41) is 8.11. The van der Waals surface area contributed by atoms with Crippen molar-refractivity contribution in [1.82, 2.24) is 0 Å². The van der Waals surface area contributed by atoms with Gasteiger partial charge in [0.1, 0.15) is 5.78 Å². The average Bonchev–Trinajstić information content (AvgIpc) is 1.68. The maximum absolute atomic E-state index is 10.2. The Kier molecular flexibility index (Phi) is 4.14. The maximum Gasteiger partial charge on any atom is 0.144 e. The number of thiol groups is 1. The van der Waals surface area contributed by atoms with Crippen LogP contribution in [0.15, 0.2) is 0 Å². The molecule has 0 aliphatic rings. The highest BCUT2D eigenvalue weighted by Crippen LogP contribution is 1.82. The first-order valence-electron chi connectivity index (χ1n) is 2.04. The smallest absolute Gasteiger partial charge is 0.144 e. The fourth-order valence-electron chi connectivity index (χ4n) is 0.204. The standard InChI is InChI=1S/C4H8O2S/c5-2-1-4(6)3-7/h5,7H,1-3H2. The topological polar surface area (TPSA) is 37.3 Å². The Bertz CT molecular complexity index is 62.7. The summed E-state index contributed by atoms with van der Waals surface area (Å²) in [5.41, 5.74) is 0. The minimum absolute atomic E-state index is 0.00849. The number of ketones is 1. The third-order valence-corrected chi connectivity index (χ3v) is 0.920. The van der Waals surface area contributed by atoms with Gasteiger partial charge in [0, 0.05) is 18.8 Å². The molecule has 1 N–H and O–H groups in total.